The molecule has 5 heteroatoms. The second kappa shape index (κ2) is 11.4. The molecule has 0 aliphatic carbocycles. The van der Waals surface area contributed by atoms with Crippen LogP contribution in [0.25, 0.3) is 0 Å². The van der Waals surface area contributed by atoms with Crippen molar-refractivity contribution in [1.29, 1.82) is 0 Å². The zero-order valence-electron chi connectivity index (χ0n) is 17.7. The highest BCUT2D eigenvalue weighted by Crippen LogP contribution is 2.15. The SMILES string of the molecule is CCN1CCN(Cc2ccccc2CNC(=O)CSCc2cccc(C)c2)CC1. The number of carbonyl (C=O) groups excluding carboxylic acids is 1. The van der Waals surface area contributed by atoms with E-state index < -0.39 is 0 Å². The molecule has 1 aliphatic heterocycles. The maximum atomic E-state index is 12.3. The molecule has 1 fully saturated rings. The van der Waals surface area contributed by atoms with E-state index in [0.29, 0.717) is 12.3 Å². The third-order valence-electron chi connectivity index (χ3n) is 5.48. The van der Waals surface area contributed by atoms with E-state index in [0.717, 1.165) is 45.0 Å². The molecule has 0 aromatic heterocycles. The zero-order valence-corrected chi connectivity index (χ0v) is 18.5. The smallest absolute Gasteiger partial charge is 0.230 e. The van der Waals surface area contributed by atoms with Gasteiger partial charge in [-0.1, -0.05) is 61.0 Å². The molecule has 0 bridgehead atoms. The van der Waals surface area contributed by atoms with Gasteiger partial charge in [-0.05, 0) is 30.2 Å². The summed E-state index contributed by atoms with van der Waals surface area (Å²) in [6.07, 6.45) is 0. The van der Waals surface area contributed by atoms with Crippen LogP contribution < -0.4 is 5.32 Å². The summed E-state index contributed by atoms with van der Waals surface area (Å²) in [4.78, 5) is 17.3. The second-order valence-electron chi connectivity index (χ2n) is 7.74. The number of carbonyl (C=O) groups is 1. The standard InChI is InChI=1S/C24H33N3OS/c1-3-26-11-13-27(14-12-26)17-23-10-5-4-9-22(23)16-25-24(28)19-29-18-21-8-6-7-20(2)15-21/h4-10,15H,3,11-14,16-19H2,1-2H3,(H,25,28). The molecule has 0 radical (unpaired) electrons. The summed E-state index contributed by atoms with van der Waals surface area (Å²) in [6.45, 7) is 11.6. The average molecular weight is 412 g/mol. The van der Waals surface area contributed by atoms with Crippen LogP contribution in [0.1, 0.15) is 29.2 Å². The Hall–Kier alpha value is -1.82. The zero-order chi connectivity index (χ0) is 20.5. The molecule has 0 atom stereocenters. The van der Waals surface area contributed by atoms with Crippen molar-refractivity contribution in [2.24, 2.45) is 0 Å². The van der Waals surface area contributed by atoms with Gasteiger partial charge < -0.3 is 10.2 Å². The summed E-state index contributed by atoms with van der Waals surface area (Å²) in [5, 5.41) is 3.10. The van der Waals surface area contributed by atoms with E-state index in [-0.39, 0.29) is 5.91 Å². The molecule has 2 aromatic rings. The van der Waals surface area contributed by atoms with Gasteiger partial charge >= 0.3 is 0 Å². The van der Waals surface area contributed by atoms with Gasteiger partial charge in [0.2, 0.25) is 5.91 Å². The predicted octanol–water partition coefficient (Wildman–Crippen LogP) is 3.68. The molecule has 0 saturated carbocycles. The van der Waals surface area contributed by atoms with Gasteiger partial charge in [-0.15, -0.1) is 11.8 Å². The first kappa shape index (κ1) is 21.9. The number of amides is 1. The fourth-order valence-corrected chi connectivity index (χ4v) is 4.50. The van der Waals surface area contributed by atoms with Crippen LogP contribution in [-0.4, -0.2) is 54.2 Å². The lowest BCUT2D eigenvalue weighted by molar-refractivity contribution is -0.118. The Labute approximate surface area is 179 Å². The summed E-state index contributed by atoms with van der Waals surface area (Å²) in [5.41, 5.74) is 5.09. The van der Waals surface area contributed by atoms with Crippen LogP contribution in [0.4, 0.5) is 0 Å². The molecule has 2 aromatic carbocycles. The van der Waals surface area contributed by atoms with Crippen LogP contribution in [0, 0.1) is 6.92 Å². The summed E-state index contributed by atoms with van der Waals surface area (Å²) < 4.78 is 0. The van der Waals surface area contributed by atoms with Crippen LogP contribution in [0.2, 0.25) is 0 Å². The Balaban J connectivity index is 1.43. The van der Waals surface area contributed by atoms with Gasteiger partial charge in [0, 0.05) is 45.0 Å². The first-order chi connectivity index (χ1) is 14.1. The van der Waals surface area contributed by atoms with Crippen molar-refractivity contribution in [2.45, 2.75) is 32.7 Å². The molecule has 3 rings (SSSR count). The molecular weight excluding hydrogens is 378 g/mol. The third kappa shape index (κ3) is 7.18. The minimum atomic E-state index is 0.106. The maximum Gasteiger partial charge on any atom is 0.230 e. The lowest BCUT2D eigenvalue weighted by Crippen LogP contribution is -2.45. The predicted molar refractivity (Wildman–Crippen MR) is 123 cm³/mol. The summed E-state index contributed by atoms with van der Waals surface area (Å²) in [5.74, 6) is 1.47. The van der Waals surface area contributed by atoms with Crippen LogP contribution in [0.3, 0.4) is 0 Å². The fourth-order valence-electron chi connectivity index (χ4n) is 3.70. The Morgan fingerprint density at radius 3 is 2.45 bits per heavy atom. The molecular formula is C24H33N3OS. The highest BCUT2D eigenvalue weighted by molar-refractivity contribution is 7.99. The minimum absolute atomic E-state index is 0.106. The molecule has 156 valence electrons. The number of hydrogen-bond donors (Lipinski definition) is 1. The summed E-state index contributed by atoms with van der Waals surface area (Å²) in [6, 6.07) is 17.0. The largest absolute Gasteiger partial charge is 0.351 e. The first-order valence-electron chi connectivity index (χ1n) is 10.6. The minimum Gasteiger partial charge on any atom is -0.351 e. The van der Waals surface area contributed by atoms with Crippen LogP contribution in [0.5, 0.6) is 0 Å². The van der Waals surface area contributed by atoms with Crippen molar-refractivity contribution in [3.63, 3.8) is 0 Å². The lowest BCUT2D eigenvalue weighted by Gasteiger charge is -2.34. The number of thioether (sulfide) groups is 1. The van der Waals surface area contributed by atoms with Gasteiger partial charge in [0.1, 0.15) is 0 Å². The Kier molecular flexibility index (Phi) is 8.59. The quantitative estimate of drug-likeness (QED) is 0.683. The van der Waals surface area contributed by atoms with Crippen molar-refractivity contribution in [2.75, 3.05) is 38.5 Å². The maximum absolute atomic E-state index is 12.3. The highest BCUT2D eigenvalue weighted by atomic mass is 32.2. The Morgan fingerprint density at radius 1 is 1.00 bits per heavy atom. The van der Waals surface area contributed by atoms with Crippen molar-refractivity contribution < 1.29 is 4.79 Å². The molecule has 0 unspecified atom stereocenters. The monoisotopic (exact) mass is 411 g/mol. The van der Waals surface area contributed by atoms with Gasteiger partial charge in [0.05, 0.1) is 5.75 Å². The summed E-state index contributed by atoms with van der Waals surface area (Å²) >= 11 is 1.67. The van der Waals surface area contributed by atoms with Crippen molar-refractivity contribution >= 4 is 17.7 Å². The Bertz CT molecular complexity index is 787. The normalized spacial score (nSPS) is 15.4. The number of nitrogens with zero attached hydrogens (tertiary/aromatic N) is 2. The number of nitrogens with one attached hydrogen (secondary N) is 1. The lowest BCUT2D eigenvalue weighted by atomic mass is 10.1. The first-order valence-corrected chi connectivity index (χ1v) is 11.7. The number of rotatable bonds is 9. The van der Waals surface area contributed by atoms with Crippen molar-refractivity contribution in [3.05, 3.63) is 70.8 Å². The van der Waals surface area contributed by atoms with E-state index >= 15 is 0 Å². The molecule has 0 spiro atoms. The van der Waals surface area contributed by atoms with Crippen LogP contribution in [0.15, 0.2) is 48.5 Å². The van der Waals surface area contributed by atoms with Crippen LogP contribution in [-0.2, 0) is 23.6 Å². The molecule has 1 amide bonds. The van der Waals surface area contributed by atoms with E-state index in [9.17, 15) is 4.79 Å². The highest BCUT2D eigenvalue weighted by Gasteiger charge is 2.16. The number of benzene rings is 2. The van der Waals surface area contributed by atoms with E-state index in [4.69, 9.17) is 0 Å². The molecule has 4 nitrogen and oxygen atoms in total. The van der Waals surface area contributed by atoms with Crippen molar-refractivity contribution in [3.8, 4) is 0 Å². The van der Waals surface area contributed by atoms with Crippen LogP contribution >= 0.6 is 11.8 Å². The second-order valence-corrected chi connectivity index (χ2v) is 8.72. The fraction of sp³-hybridized carbons (Fsp3) is 0.458. The van der Waals surface area contributed by atoms with Gasteiger partial charge in [-0.3, -0.25) is 9.69 Å². The molecule has 1 heterocycles. The van der Waals surface area contributed by atoms with E-state index in [2.05, 4.69) is 77.5 Å². The van der Waals surface area contributed by atoms with Crippen molar-refractivity contribution in [1.82, 2.24) is 15.1 Å². The van der Waals surface area contributed by atoms with Gasteiger partial charge in [-0.2, -0.15) is 0 Å². The molecule has 29 heavy (non-hydrogen) atoms. The van der Waals surface area contributed by atoms with Gasteiger partial charge in [-0.25, -0.2) is 0 Å². The third-order valence-corrected chi connectivity index (χ3v) is 6.49. The topological polar surface area (TPSA) is 35.6 Å². The number of aryl methyl sites for hydroxylation is 1. The van der Waals surface area contributed by atoms with Gasteiger partial charge in [0.15, 0.2) is 0 Å². The van der Waals surface area contributed by atoms with Gasteiger partial charge in [0.25, 0.3) is 0 Å². The molecule has 1 saturated heterocycles. The van der Waals surface area contributed by atoms with E-state index in [1.54, 1.807) is 11.8 Å². The van der Waals surface area contributed by atoms with E-state index in [1.165, 1.54) is 22.3 Å². The number of likely N-dealkylation sites (N-methyl/N-ethyl adjacent to an activating group) is 1. The molecule has 1 aliphatic rings. The average Bonchev–Trinajstić information content (AvgIpc) is 2.74. The Morgan fingerprint density at radius 2 is 1.72 bits per heavy atom. The number of hydrogen-bond acceptors (Lipinski definition) is 4. The summed E-state index contributed by atoms with van der Waals surface area (Å²) in [7, 11) is 0. The van der Waals surface area contributed by atoms with E-state index in [1.807, 2.05) is 0 Å². The number of piperazine rings is 1. The molecule has 1 N–H and O–H groups in total.